The lowest BCUT2D eigenvalue weighted by Crippen LogP contribution is -2.19. The molecule has 0 saturated heterocycles. The molecule has 0 aromatic heterocycles. The van der Waals surface area contributed by atoms with E-state index in [-0.39, 0.29) is 0 Å². The number of rotatable bonds is 4. The molecule has 1 rings (SSSR count). The molecular weight excluding hydrogens is 162 g/mol. The number of benzene rings is 1. The molecule has 0 spiro atoms. The van der Waals surface area contributed by atoms with Crippen molar-refractivity contribution in [3.8, 4) is 5.75 Å². The minimum absolute atomic E-state index is 0.882. The van der Waals surface area contributed by atoms with E-state index in [1.165, 1.54) is 11.1 Å². The fourth-order valence-electron chi connectivity index (χ4n) is 1.07. The van der Waals surface area contributed by atoms with Crippen LogP contribution in [0.15, 0.2) is 18.2 Å². The SMILES string of the molecule is CCCNOc1cccc(C)c1C. The lowest BCUT2D eigenvalue weighted by Gasteiger charge is -2.09. The summed E-state index contributed by atoms with van der Waals surface area (Å²) in [5.41, 5.74) is 5.38. The smallest absolute Gasteiger partial charge is 0.150 e. The highest BCUT2D eigenvalue weighted by Gasteiger charge is 2.00. The first kappa shape index (κ1) is 10.1. The van der Waals surface area contributed by atoms with Crippen molar-refractivity contribution in [2.75, 3.05) is 6.54 Å². The molecule has 0 unspecified atom stereocenters. The Morgan fingerprint density at radius 2 is 2.08 bits per heavy atom. The molecule has 1 aromatic carbocycles. The van der Waals surface area contributed by atoms with Crippen LogP contribution in [-0.2, 0) is 0 Å². The Hall–Kier alpha value is -1.02. The van der Waals surface area contributed by atoms with Crippen LogP contribution in [0.3, 0.4) is 0 Å². The Kier molecular flexibility index (Phi) is 3.77. The van der Waals surface area contributed by atoms with Crippen molar-refractivity contribution in [3.05, 3.63) is 29.3 Å². The molecule has 0 saturated carbocycles. The molecule has 0 aliphatic heterocycles. The van der Waals surface area contributed by atoms with Gasteiger partial charge in [0.2, 0.25) is 0 Å². The summed E-state index contributed by atoms with van der Waals surface area (Å²) in [6.07, 6.45) is 1.07. The van der Waals surface area contributed by atoms with Crippen LogP contribution in [0, 0.1) is 13.8 Å². The Morgan fingerprint density at radius 3 is 2.77 bits per heavy atom. The van der Waals surface area contributed by atoms with Gasteiger partial charge < -0.3 is 4.84 Å². The zero-order valence-corrected chi connectivity index (χ0v) is 8.55. The molecule has 0 bridgehead atoms. The molecule has 2 heteroatoms. The third-order valence-electron chi connectivity index (χ3n) is 2.09. The normalized spacial score (nSPS) is 10.1. The van der Waals surface area contributed by atoms with E-state index in [9.17, 15) is 0 Å². The standard InChI is InChI=1S/C11H17NO/c1-4-8-12-13-11-7-5-6-9(2)10(11)3/h5-7,12H,4,8H2,1-3H3. The Balaban J connectivity index is 2.61. The van der Waals surface area contributed by atoms with E-state index in [1.54, 1.807) is 0 Å². The topological polar surface area (TPSA) is 21.3 Å². The van der Waals surface area contributed by atoms with Gasteiger partial charge in [-0.1, -0.05) is 19.1 Å². The van der Waals surface area contributed by atoms with Crippen molar-refractivity contribution in [2.24, 2.45) is 0 Å². The average Bonchev–Trinajstić information content (AvgIpc) is 2.13. The van der Waals surface area contributed by atoms with E-state index in [2.05, 4.69) is 32.3 Å². The summed E-state index contributed by atoms with van der Waals surface area (Å²) >= 11 is 0. The molecular formula is C11H17NO. The molecule has 1 aromatic rings. The summed E-state index contributed by atoms with van der Waals surface area (Å²) < 4.78 is 0. The predicted octanol–water partition coefficient (Wildman–Crippen LogP) is 2.60. The highest BCUT2D eigenvalue weighted by atomic mass is 16.6. The van der Waals surface area contributed by atoms with Crippen LogP contribution >= 0.6 is 0 Å². The van der Waals surface area contributed by atoms with Gasteiger partial charge >= 0.3 is 0 Å². The molecule has 13 heavy (non-hydrogen) atoms. The molecule has 0 fully saturated rings. The predicted molar refractivity (Wildman–Crippen MR) is 54.8 cm³/mol. The summed E-state index contributed by atoms with van der Waals surface area (Å²) in [5.74, 6) is 0.924. The summed E-state index contributed by atoms with van der Waals surface area (Å²) in [4.78, 5) is 5.41. The third-order valence-corrected chi connectivity index (χ3v) is 2.09. The molecule has 0 radical (unpaired) electrons. The molecule has 0 heterocycles. The number of hydroxylamine groups is 1. The van der Waals surface area contributed by atoms with Crippen LogP contribution in [0.5, 0.6) is 5.75 Å². The van der Waals surface area contributed by atoms with Gasteiger partial charge in [-0.2, -0.15) is 5.48 Å². The van der Waals surface area contributed by atoms with Crippen LogP contribution in [0.1, 0.15) is 24.5 Å². The Morgan fingerprint density at radius 1 is 1.31 bits per heavy atom. The third kappa shape index (κ3) is 2.74. The van der Waals surface area contributed by atoms with Crippen LogP contribution in [0.25, 0.3) is 0 Å². The van der Waals surface area contributed by atoms with Crippen molar-refractivity contribution in [3.63, 3.8) is 0 Å². The molecule has 1 N–H and O–H groups in total. The van der Waals surface area contributed by atoms with Gasteiger partial charge in [-0.05, 0) is 37.5 Å². The highest BCUT2D eigenvalue weighted by molar-refractivity contribution is 5.37. The Labute approximate surface area is 79.9 Å². The molecule has 72 valence electrons. The van der Waals surface area contributed by atoms with E-state index in [4.69, 9.17) is 4.84 Å². The van der Waals surface area contributed by atoms with E-state index >= 15 is 0 Å². The molecule has 0 aliphatic rings. The second-order valence-electron chi connectivity index (χ2n) is 3.19. The molecule has 0 amide bonds. The lowest BCUT2D eigenvalue weighted by molar-refractivity contribution is 0.194. The second kappa shape index (κ2) is 4.87. The number of aryl methyl sites for hydroxylation is 1. The van der Waals surface area contributed by atoms with Crippen molar-refractivity contribution in [2.45, 2.75) is 27.2 Å². The number of nitrogens with one attached hydrogen (secondary N) is 1. The average molecular weight is 179 g/mol. The maximum atomic E-state index is 5.41. The Bertz CT molecular complexity index is 271. The molecule has 0 aliphatic carbocycles. The van der Waals surface area contributed by atoms with Gasteiger partial charge in [0, 0.05) is 6.54 Å². The summed E-state index contributed by atoms with van der Waals surface area (Å²) in [7, 11) is 0. The minimum atomic E-state index is 0.882. The van der Waals surface area contributed by atoms with Gasteiger partial charge in [-0.25, -0.2) is 0 Å². The van der Waals surface area contributed by atoms with Crippen LogP contribution in [0.2, 0.25) is 0 Å². The van der Waals surface area contributed by atoms with Gasteiger partial charge in [0.15, 0.2) is 0 Å². The van der Waals surface area contributed by atoms with E-state index in [0.717, 1.165) is 18.7 Å². The summed E-state index contributed by atoms with van der Waals surface area (Å²) in [6, 6.07) is 6.07. The van der Waals surface area contributed by atoms with Crippen LogP contribution in [-0.4, -0.2) is 6.54 Å². The van der Waals surface area contributed by atoms with Crippen molar-refractivity contribution in [1.29, 1.82) is 0 Å². The van der Waals surface area contributed by atoms with Gasteiger partial charge in [0.05, 0.1) is 0 Å². The van der Waals surface area contributed by atoms with Gasteiger partial charge in [0.25, 0.3) is 0 Å². The number of hydrogen-bond acceptors (Lipinski definition) is 2. The van der Waals surface area contributed by atoms with Gasteiger partial charge in [-0.15, -0.1) is 0 Å². The quantitative estimate of drug-likeness (QED) is 0.566. The number of hydrogen-bond donors (Lipinski definition) is 1. The zero-order chi connectivity index (χ0) is 9.68. The highest BCUT2D eigenvalue weighted by Crippen LogP contribution is 2.19. The monoisotopic (exact) mass is 179 g/mol. The largest absolute Gasteiger partial charge is 0.408 e. The molecule has 0 atom stereocenters. The maximum absolute atomic E-state index is 5.41. The second-order valence-corrected chi connectivity index (χ2v) is 3.19. The van der Waals surface area contributed by atoms with Gasteiger partial charge in [0.1, 0.15) is 5.75 Å². The van der Waals surface area contributed by atoms with E-state index in [1.807, 2.05) is 12.1 Å². The van der Waals surface area contributed by atoms with E-state index in [0.29, 0.717) is 0 Å². The van der Waals surface area contributed by atoms with Crippen molar-refractivity contribution >= 4 is 0 Å². The van der Waals surface area contributed by atoms with Crippen LogP contribution in [0.4, 0.5) is 0 Å². The first-order valence-electron chi connectivity index (χ1n) is 4.71. The fourth-order valence-corrected chi connectivity index (χ4v) is 1.07. The van der Waals surface area contributed by atoms with Gasteiger partial charge in [-0.3, -0.25) is 0 Å². The van der Waals surface area contributed by atoms with Crippen molar-refractivity contribution < 1.29 is 4.84 Å². The maximum Gasteiger partial charge on any atom is 0.150 e. The van der Waals surface area contributed by atoms with Crippen molar-refractivity contribution in [1.82, 2.24) is 5.48 Å². The first-order valence-corrected chi connectivity index (χ1v) is 4.71. The summed E-state index contributed by atoms with van der Waals surface area (Å²) in [5, 5.41) is 0. The molecule has 2 nitrogen and oxygen atoms in total. The summed E-state index contributed by atoms with van der Waals surface area (Å²) in [6.45, 7) is 7.15. The lowest BCUT2D eigenvalue weighted by atomic mass is 10.1. The fraction of sp³-hybridized carbons (Fsp3) is 0.455. The first-order chi connectivity index (χ1) is 6.25. The zero-order valence-electron chi connectivity index (χ0n) is 8.55. The minimum Gasteiger partial charge on any atom is -0.408 e. The van der Waals surface area contributed by atoms with Crippen LogP contribution < -0.4 is 10.3 Å². The van der Waals surface area contributed by atoms with E-state index < -0.39 is 0 Å².